The van der Waals surface area contributed by atoms with Crippen molar-refractivity contribution >= 4 is 49.5 Å². The monoisotopic (exact) mass is 599 g/mol. The van der Waals surface area contributed by atoms with Crippen LogP contribution in [0.3, 0.4) is 0 Å². The highest BCUT2D eigenvalue weighted by atomic mass is 32.2. The number of anilines is 2. The molecule has 0 spiro atoms. The first-order chi connectivity index (χ1) is 19.7. The van der Waals surface area contributed by atoms with Crippen LogP contribution in [0.25, 0.3) is 16.5 Å². The summed E-state index contributed by atoms with van der Waals surface area (Å²) < 4.78 is 42.2. The molecular formula is C28H30FN5O5S2. The van der Waals surface area contributed by atoms with Crippen molar-refractivity contribution < 1.29 is 22.7 Å². The Morgan fingerprint density at radius 3 is 2.54 bits per heavy atom. The predicted octanol–water partition coefficient (Wildman–Crippen LogP) is 4.70. The van der Waals surface area contributed by atoms with Crippen molar-refractivity contribution in [1.82, 2.24) is 14.2 Å². The lowest BCUT2D eigenvalue weighted by molar-refractivity contribution is 0.228. The van der Waals surface area contributed by atoms with Crippen LogP contribution in [-0.2, 0) is 10.0 Å². The number of carbonyl (C=O) groups excluding carboxylic acids is 1. The topological polar surface area (TPSA) is 133 Å². The number of hydrogen-bond donors (Lipinski definition) is 4. The van der Waals surface area contributed by atoms with Crippen molar-refractivity contribution in [3.8, 4) is 11.6 Å². The van der Waals surface area contributed by atoms with Crippen LogP contribution in [0.4, 0.5) is 20.6 Å². The summed E-state index contributed by atoms with van der Waals surface area (Å²) in [5.41, 5.74) is -0.105. The van der Waals surface area contributed by atoms with Gasteiger partial charge in [-0.05, 0) is 92.1 Å². The number of rotatable bonds is 9. The molecule has 0 saturated carbocycles. The zero-order valence-corrected chi connectivity index (χ0v) is 23.7. The number of halogens is 1. The van der Waals surface area contributed by atoms with E-state index in [1.54, 1.807) is 23.6 Å². The van der Waals surface area contributed by atoms with Gasteiger partial charge in [0.2, 0.25) is 5.88 Å². The number of likely N-dealkylation sites (tertiary alicyclic amines) is 1. The third-order valence-electron chi connectivity index (χ3n) is 6.87. The van der Waals surface area contributed by atoms with Crippen molar-refractivity contribution in [2.45, 2.75) is 29.9 Å². The van der Waals surface area contributed by atoms with Gasteiger partial charge in [-0.2, -0.15) is 0 Å². The lowest BCUT2D eigenvalue weighted by atomic mass is 10.1. The van der Waals surface area contributed by atoms with Gasteiger partial charge in [-0.15, -0.1) is 11.3 Å². The van der Waals surface area contributed by atoms with Gasteiger partial charge in [0.1, 0.15) is 10.0 Å². The molecule has 41 heavy (non-hydrogen) atoms. The second kappa shape index (κ2) is 12.3. The summed E-state index contributed by atoms with van der Waals surface area (Å²) in [6.45, 7) is 4.10. The molecule has 2 aromatic heterocycles. The molecule has 5 rings (SSSR count). The Balaban J connectivity index is 1.28. The van der Waals surface area contributed by atoms with E-state index in [-0.39, 0.29) is 15.6 Å². The minimum atomic E-state index is -4.07. The molecule has 216 valence electrons. The molecule has 0 bridgehead atoms. The number of urea groups is 1. The maximum Gasteiger partial charge on any atom is 0.333 e. The number of pyridine rings is 1. The van der Waals surface area contributed by atoms with Gasteiger partial charge >= 0.3 is 6.03 Å². The van der Waals surface area contributed by atoms with Crippen molar-refractivity contribution in [2.24, 2.45) is 0 Å². The maximum absolute atomic E-state index is 15.1. The summed E-state index contributed by atoms with van der Waals surface area (Å²) >= 11 is 0.942. The van der Waals surface area contributed by atoms with Crippen LogP contribution in [-0.4, -0.2) is 55.2 Å². The summed E-state index contributed by atoms with van der Waals surface area (Å²) in [6.07, 6.45) is 4.80. The van der Waals surface area contributed by atoms with Crippen molar-refractivity contribution in [3.05, 3.63) is 76.1 Å². The molecular weight excluding hydrogens is 569 g/mol. The smallest absolute Gasteiger partial charge is 0.333 e. The number of aromatic hydroxyl groups is 1. The van der Waals surface area contributed by atoms with E-state index in [0.717, 1.165) is 60.3 Å². The number of sulfonamides is 1. The van der Waals surface area contributed by atoms with E-state index in [4.69, 9.17) is 0 Å². The molecule has 0 radical (unpaired) electrons. The summed E-state index contributed by atoms with van der Waals surface area (Å²) in [5.74, 6) is -1.34. The van der Waals surface area contributed by atoms with Gasteiger partial charge in [0.15, 0.2) is 0 Å². The van der Waals surface area contributed by atoms with Crippen LogP contribution in [0, 0.1) is 5.82 Å². The minimum absolute atomic E-state index is 0.0453. The quantitative estimate of drug-likeness (QED) is 0.205. The van der Waals surface area contributed by atoms with E-state index in [0.29, 0.717) is 10.8 Å². The molecule has 0 aliphatic carbocycles. The fraction of sp³-hybridized carbons (Fsp3) is 0.286. The molecule has 4 N–H and O–H groups in total. The van der Waals surface area contributed by atoms with Gasteiger partial charge < -0.3 is 20.6 Å². The second-order valence-corrected chi connectivity index (χ2v) is 12.6. The Morgan fingerprint density at radius 2 is 1.80 bits per heavy atom. The van der Waals surface area contributed by atoms with Crippen molar-refractivity contribution in [1.29, 1.82) is 0 Å². The van der Waals surface area contributed by atoms with Crippen LogP contribution in [0.5, 0.6) is 5.88 Å². The van der Waals surface area contributed by atoms with Crippen LogP contribution in [0.2, 0.25) is 0 Å². The molecule has 10 nitrogen and oxygen atoms in total. The Morgan fingerprint density at radius 1 is 1.02 bits per heavy atom. The molecule has 1 saturated heterocycles. The van der Waals surface area contributed by atoms with Crippen LogP contribution in [0.1, 0.15) is 25.7 Å². The highest BCUT2D eigenvalue weighted by Crippen LogP contribution is 2.29. The maximum atomic E-state index is 15.1. The first-order valence-electron chi connectivity index (χ1n) is 13.2. The molecule has 0 atom stereocenters. The number of hydrogen-bond acceptors (Lipinski definition) is 8. The number of nitrogens with one attached hydrogen (secondary N) is 3. The van der Waals surface area contributed by atoms with Crippen LogP contribution >= 0.6 is 11.3 Å². The Hall–Kier alpha value is -3.94. The van der Waals surface area contributed by atoms with E-state index in [2.05, 4.69) is 15.5 Å². The van der Waals surface area contributed by atoms with E-state index >= 15 is 4.39 Å². The molecule has 2 aromatic carbocycles. The molecule has 1 aliphatic rings. The van der Waals surface area contributed by atoms with Gasteiger partial charge in [0, 0.05) is 29.4 Å². The number of nitrogens with zero attached hydrogens (tertiary/aromatic N) is 2. The zero-order chi connectivity index (χ0) is 29.0. The van der Waals surface area contributed by atoms with E-state index < -0.39 is 33.3 Å². The third kappa shape index (κ3) is 6.69. The van der Waals surface area contributed by atoms with E-state index in [1.165, 1.54) is 49.6 Å². The molecule has 1 aliphatic heterocycles. The number of amides is 2. The number of benzene rings is 2. The summed E-state index contributed by atoms with van der Waals surface area (Å²) in [6, 6.07) is 11.8. The normalized spacial score (nSPS) is 14.2. The second-order valence-electron chi connectivity index (χ2n) is 9.78. The SMILES string of the molecule is O=C(Nc1ccc(-n2c(O)c3ccc(NCCCN4CCCCC4)cc3cc2=O)c(F)c1)NS(=O)(=O)c1cccs1. The molecule has 13 heteroatoms. The minimum Gasteiger partial charge on any atom is -0.494 e. The lowest BCUT2D eigenvalue weighted by Crippen LogP contribution is -2.34. The first kappa shape index (κ1) is 28.6. The van der Waals surface area contributed by atoms with Crippen LogP contribution < -0.4 is 20.9 Å². The lowest BCUT2D eigenvalue weighted by Gasteiger charge is -2.26. The Labute approximate surface area is 240 Å². The molecule has 3 heterocycles. The van der Waals surface area contributed by atoms with Crippen molar-refractivity contribution in [3.63, 3.8) is 0 Å². The number of carbonyl (C=O) groups is 1. The van der Waals surface area contributed by atoms with E-state index in [9.17, 15) is 23.1 Å². The average molecular weight is 600 g/mol. The summed E-state index contributed by atoms with van der Waals surface area (Å²) in [7, 11) is -4.07. The number of aromatic nitrogens is 1. The van der Waals surface area contributed by atoms with Gasteiger partial charge in [0.05, 0.1) is 5.69 Å². The fourth-order valence-corrected chi connectivity index (χ4v) is 6.78. The largest absolute Gasteiger partial charge is 0.494 e. The van der Waals surface area contributed by atoms with Crippen LogP contribution in [0.15, 0.2) is 69.0 Å². The summed E-state index contributed by atoms with van der Waals surface area (Å²) in [4.78, 5) is 27.6. The molecule has 0 unspecified atom stereocenters. The first-order valence-corrected chi connectivity index (χ1v) is 15.6. The predicted molar refractivity (Wildman–Crippen MR) is 158 cm³/mol. The van der Waals surface area contributed by atoms with Gasteiger partial charge in [0.25, 0.3) is 15.6 Å². The van der Waals surface area contributed by atoms with Crippen molar-refractivity contribution in [2.75, 3.05) is 36.8 Å². The fourth-order valence-electron chi connectivity index (χ4n) is 4.88. The Kier molecular flexibility index (Phi) is 8.57. The summed E-state index contributed by atoms with van der Waals surface area (Å²) in [5, 5.41) is 19.0. The van der Waals surface area contributed by atoms with E-state index in [1.807, 2.05) is 4.72 Å². The van der Waals surface area contributed by atoms with Gasteiger partial charge in [-0.1, -0.05) is 12.5 Å². The number of piperidine rings is 1. The standard InChI is InChI=1S/C28H30FN5O5S2/c29-23-18-21(31-28(37)32-41(38,39)26-6-4-15-40-26)8-10-24(23)34-25(35)17-19-16-20(7-9-22(19)27(34)36)30-11-5-14-33-12-2-1-3-13-33/h4,6-10,15-18,30,36H,1-3,5,11-14H2,(H2,31,32,37). The van der Waals surface area contributed by atoms with Gasteiger partial charge in [-0.25, -0.2) is 26.9 Å². The third-order valence-corrected chi connectivity index (χ3v) is 9.59. The molecule has 1 fully saturated rings. The molecule has 4 aromatic rings. The number of fused-ring (bicyclic) bond motifs is 1. The van der Waals surface area contributed by atoms with Gasteiger partial charge in [-0.3, -0.25) is 4.79 Å². The Bertz CT molecular complexity index is 1720. The average Bonchev–Trinajstić information content (AvgIpc) is 3.49. The highest BCUT2D eigenvalue weighted by Gasteiger charge is 2.20. The highest BCUT2D eigenvalue weighted by molar-refractivity contribution is 7.92. The molecule has 2 amide bonds. The zero-order valence-electron chi connectivity index (χ0n) is 22.1. The number of thiophene rings is 1.